The highest BCUT2D eigenvalue weighted by Gasteiger charge is 2.20. The van der Waals surface area contributed by atoms with Crippen LogP contribution in [0.15, 0.2) is 31.9 Å². The Balaban J connectivity index is 1.57. The topological polar surface area (TPSA) is 94.8 Å². The van der Waals surface area contributed by atoms with Crippen molar-refractivity contribution in [2.45, 2.75) is 18.9 Å². The van der Waals surface area contributed by atoms with E-state index in [-0.39, 0.29) is 0 Å². The zero-order valence-electron chi connectivity index (χ0n) is 11.6. The second-order valence-corrected chi connectivity index (χ2v) is 5.87. The Bertz CT molecular complexity index is 773. The molecular weight excluding hydrogens is 352 g/mol. The molecule has 9 heteroatoms. The molecule has 0 unspecified atom stereocenters. The predicted molar refractivity (Wildman–Crippen MR) is 79.9 cm³/mol. The number of nitrogens with zero attached hydrogens (tertiary/aromatic N) is 5. The molecule has 0 aromatic carbocycles. The highest BCUT2D eigenvalue weighted by Crippen LogP contribution is 2.25. The van der Waals surface area contributed by atoms with Gasteiger partial charge >= 0.3 is 0 Å². The van der Waals surface area contributed by atoms with Gasteiger partial charge in [-0.25, -0.2) is 4.68 Å². The molecule has 1 fully saturated rings. The molecule has 1 aliphatic heterocycles. The van der Waals surface area contributed by atoms with Crippen molar-refractivity contribution in [2.75, 3.05) is 13.1 Å². The molecule has 22 heavy (non-hydrogen) atoms. The molecule has 3 aromatic rings. The second kappa shape index (κ2) is 5.65. The van der Waals surface area contributed by atoms with Gasteiger partial charge in [-0.05, 0) is 54.0 Å². The van der Waals surface area contributed by atoms with Crippen LogP contribution < -0.4 is 5.32 Å². The summed E-state index contributed by atoms with van der Waals surface area (Å²) in [5.41, 5.74) is 0.572. The fourth-order valence-electron chi connectivity index (χ4n) is 2.49. The van der Waals surface area contributed by atoms with Crippen LogP contribution in [0.1, 0.15) is 18.9 Å². The third-order valence-electron chi connectivity index (χ3n) is 3.63. The maximum Gasteiger partial charge on any atom is 0.280 e. The van der Waals surface area contributed by atoms with Crippen molar-refractivity contribution in [3.05, 3.63) is 23.0 Å². The highest BCUT2D eigenvalue weighted by molar-refractivity contribution is 9.10. The molecule has 0 amide bonds. The molecule has 1 aliphatic rings. The van der Waals surface area contributed by atoms with Gasteiger partial charge < -0.3 is 14.3 Å². The van der Waals surface area contributed by atoms with Gasteiger partial charge in [-0.1, -0.05) is 10.4 Å². The van der Waals surface area contributed by atoms with Crippen LogP contribution in [-0.2, 0) is 0 Å². The Kier molecular flexibility index (Phi) is 3.51. The molecule has 3 aromatic heterocycles. The average Bonchev–Trinajstić information content (AvgIpc) is 3.27. The molecule has 1 N–H and O–H groups in total. The predicted octanol–water partition coefficient (Wildman–Crippen LogP) is 2.28. The number of furan rings is 1. The summed E-state index contributed by atoms with van der Waals surface area (Å²) in [7, 11) is 0. The third-order valence-corrected chi connectivity index (χ3v) is 4.06. The van der Waals surface area contributed by atoms with Gasteiger partial charge in [0.1, 0.15) is 0 Å². The van der Waals surface area contributed by atoms with Crippen LogP contribution in [0.5, 0.6) is 0 Å². The first-order valence-electron chi connectivity index (χ1n) is 7.02. The zero-order chi connectivity index (χ0) is 14.9. The van der Waals surface area contributed by atoms with E-state index in [1.807, 2.05) is 10.9 Å². The SMILES string of the molecule is Brc1ccc(-c2noc(-c3cn(C4CCNCC4)nn3)n2)o1. The number of hydrogen-bond donors (Lipinski definition) is 1. The second-order valence-electron chi connectivity index (χ2n) is 5.09. The van der Waals surface area contributed by atoms with Crippen molar-refractivity contribution < 1.29 is 8.94 Å². The average molecular weight is 365 g/mol. The van der Waals surface area contributed by atoms with E-state index in [1.165, 1.54) is 0 Å². The van der Waals surface area contributed by atoms with Crippen molar-refractivity contribution in [2.24, 2.45) is 0 Å². The summed E-state index contributed by atoms with van der Waals surface area (Å²) < 4.78 is 13.1. The number of nitrogens with one attached hydrogen (secondary N) is 1. The molecule has 0 radical (unpaired) electrons. The molecular formula is C13H13BrN6O2. The van der Waals surface area contributed by atoms with Gasteiger partial charge in [-0.2, -0.15) is 4.98 Å². The van der Waals surface area contributed by atoms with Crippen LogP contribution in [0.2, 0.25) is 0 Å². The van der Waals surface area contributed by atoms with Crippen molar-refractivity contribution in [3.8, 4) is 23.2 Å². The number of piperidine rings is 1. The molecule has 0 aliphatic carbocycles. The summed E-state index contributed by atoms with van der Waals surface area (Å²) >= 11 is 3.24. The Morgan fingerprint density at radius 2 is 2.14 bits per heavy atom. The van der Waals surface area contributed by atoms with Crippen molar-refractivity contribution in [3.63, 3.8) is 0 Å². The minimum Gasteiger partial charge on any atom is -0.446 e. The van der Waals surface area contributed by atoms with Crippen LogP contribution in [0, 0.1) is 0 Å². The smallest absolute Gasteiger partial charge is 0.280 e. The van der Waals surface area contributed by atoms with Gasteiger partial charge in [0.2, 0.25) is 5.82 Å². The van der Waals surface area contributed by atoms with Gasteiger partial charge in [-0.15, -0.1) is 5.10 Å². The van der Waals surface area contributed by atoms with Crippen molar-refractivity contribution in [1.29, 1.82) is 0 Å². The first-order chi connectivity index (χ1) is 10.8. The number of aromatic nitrogens is 5. The van der Waals surface area contributed by atoms with E-state index in [1.54, 1.807) is 12.1 Å². The molecule has 0 atom stereocenters. The van der Waals surface area contributed by atoms with Crippen LogP contribution in [0.25, 0.3) is 23.2 Å². The van der Waals surface area contributed by atoms with Gasteiger partial charge in [0.15, 0.2) is 16.1 Å². The van der Waals surface area contributed by atoms with E-state index < -0.39 is 0 Å². The number of hydrogen-bond acceptors (Lipinski definition) is 7. The lowest BCUT2D eigenvalue weighted by atomic mass is 10.1. The lowest BCUT2D eigenvalue weighted by Gasteiger charge is -2.21. The summed E-state index contributed by atoms with van der Waals surface area (Å²) in [6.45, 7) is 2.00. The molecule has 0 bridgehead atoms. The van der Waals surface area contributed by atoms with E-state index in [4.69, 9.17) is 8.94 Å². The largest absolute Gasteiger partial charge is 0.446 e. The van der Waals surface area contributed by atoms with Gasteiger partial charge in [0.25, 0.3) is 5.89 Å². The summed E-state index contributed by atoms with van der Waals surface area (Å²) in [6.07, 6.45) is 3.93. The Hall–Kier alpha value is -2.00. The fourth-order valence-corrected chi connectivity index (χ4v) is 2.79. The molecule has 4 heterocycles. The molecule has 1 saturated heterocycles. The normalized spacial score (nSPS) is 16.2. The summed E-state index contributed by atoms with van der Waals surface area (Å²) in [6, 6.07) is 3.91. The highest BCUT2D eigenvalue weighted by atomic mass is 79.9. The quantitative estimate of drug-likeness (QED) is 0.761. The summed E-state index contributed by atoms with van der Waals surface area (Å²) in [5.74, 6) is 1.26. The van der Waals surface area contributed by atoms with E-state index in [2.05, 4.69) is 41.7 Å². The third kappa shape index (κ3) is 2.57. The van der Waals surface area contributed by atoms with Gasteiger partial charge in [0.05, 0.1) is 12.2 Å². The molecule has 0 saturated carbocycles. The van der Waals surface area contributed by atoms with Crippen LogP contribution in [0.3, 0.4) is 0 Å². The first-order valence-corrected chi connectivity index (χ1v) is 7.81. The first kappa shape index (κ1) is 13.6. The minimum absolute atomic E-state index is 0.336. The van der Waals surface area contributed by atoms with E-state index in [9.17, 15) is 0 Å². The Morgan fingerprint density at radius 3 is 2.91 bits per heavy atom. The van der Waals surface area contributed by atoms with Crippen LogP contribution in [-0.4, -0.2) is 38.2 Å². The summed E-state index contributed by atoms with van der Waals surface area (Å²) in [4.78, 5) is 4.30. The summed E-state index contributed by atoms with van der Waals surface area (Å²) in [5, 5.41) is 15.6. The van der Waals surface area contributed by atoms with Crippen molar-refractivity contribution in [1.82, 2.24) is 30.5 Å². The van der Waals surface area contributed by atoms with E-state index in [0.717, 1.165) is 25.9 Å². The van der Waals surface area contributed by atoms with E-state index >= 15 is 0 Å². The lowest BCUT2D eigenvalue weighted by molar-refractivity contribution is 0.337. The standard InChI is InChI=1S/C13H13BrN6O2/c14-11-2-1-10(21-11)12-16-13(22-18-12)9-7-20(19-17-9)8-3-5-15-6-4-8/h1-2,7-8,15H,3-6H2. The Morgan fingerprint density at radius 1 is 1.27 bits per heavy atom. The van der Waals surface area contributed by atoms with Crippen molar-refractivity contribution >= 4 is 15.9 Å². The maximum atomic E-state index is 5.40. The number of halogens is 1. The Labute approximate surface area is 134 Å². The van der Waals surface area contributed by atoms with E-state index in [0.29, 0.717) is 33.9 Å². The number of rotatable bonds is 3. The fraction of sp³-hybridized carbons (Fsp3) is 0.385. The zero-order valence-corrected chi connectivity index (χ0v) is 13.2. The van der Waals surface area contributed by atoms with Gasteiger partial charge in [-0.3, -0.25) is 0 Å². The van der Waals surface area contributed by atoms with Gasteiger partial charge in [0, 0.05) is 0 Å². The molecule has 0 spiro atoms. The monoisotopic (exact) mass is 364 g/mol. The lowest BCUT2D eigenvalue weighted by Crippen LogP contribution is -2.29. The molecule has 8 nitrogen and oxygen atoms in total. The van der Waals surface area contributed by atoms with Crippen LogP contribution in [0.4, 0.5) is 0 Å². The van der Waals surface area contributed by atoms with Crippen LogP contribution >= 0.6 is 15.9 Å². The molecule has 114 valence electrons. The minimum atomic E-state index is 0.336. The maximum absolute atomic E-state index is 5.40. The molecule has 4 rings (SSSR count).